The molecule has 0 aliphatic carbocycles. The van der Waals surface area contributed by atoms with E-state index in [1.54, 1.807) is 43.5 Å². The van der Waals surface area contributed by atoms with Gasteiger partial charge in [0, 0.05) is 9.92 Å². The fourth-order valence-electron chi connectivity index (χ4n) is 3.18. The molecule has 0 bridgehead atoms. The highest BCUT2D eigenvalue weighted by atomic mass is 35.5. The Morgan fingerprint density at radius 2 is 1.53 bits per heavy atom. The molecule has 4 rings (SSSR count). The van der Waals surface area contributed by atoms with E-state index in [1.807, 2.05) is 42.5 Å². The predicted molar refractivity (Wildman–Crippen MR) is 119 cm³/mol. The lowest BCUT2D eigenvalue weighted by molar-refractivity contribution is -0.137. The van der Waals surface area contributed by atoms with Gasteiger partial charge in [0.2, 0.25) is 0 Å². The van der Waals surface area contributed by atoms with E-state index < -0.39 is 0 Å². The summed E-state index contributed by atoms with van der Waals surface area (Å²) in [5, 5.41) is 0.607. The molecular formula is C24H18ClNO3S. The summed E-state index contributed by atoms with van der Waals surface area (Å²) >= 11 is 7.27. The first-order valence-corrected chi connectivity index (χ1v) is 10.5. The van der Waals surface area contributed by atoms with E-state index in [4.69, 9.17) is 16.3 Å². The fourth-order valence-corrected chi connectivity index (χ4v) is 4.34. The van der Waals surface area contributed by atoms with Crippen molar-refractivity contribution in [3.63, 3.8) is 0 Å². The highest BCUT2D eigenvalue weighted by Gasteiger charge is 2.39. The van der Waals surface area contributed by atoms with Gasteiger partial charge < -0.3 is 4.74 Å². The number of hydrogen-bond acceptors (Lipinski definition) is 4. The molecule has 0 N–H and O–H groups in total. The molecule has 0 radical (unpaired) electrons. The molecule has 0 spiro atoms. The van der Waals surface area contributed by atoms with Crippen molar-refractivity contribution in [3.8, 4) is 5.75 Å². The summed E-state index contributed by atoms with van der Waals surface area (Å²) in [7, 11) is 1.59. The van der Waals surface area contributed by atoms with E-state index >= 15 is 0 Å². The lowest BCUT2D eigenvalue weighted by atomic mass is 10.1. The summed E-state index contributed by atoms with van der Waals surface area (Å²) in [6, 6.07) is 23.9. The topological polar surface area (TPSA) is 46.6 Å². The van der Waals surface area contributed by atoms with E-state index in [0.717, 1.165) is 10.5 Å². The van der Waals surface area contributed by atoms with Crippen LogP contribution in [0.5, 0.6) is 5.75 Å². The molecule has 150 valence electrons. The lowest BCUT2D eigenvalue weighted by Gasteiger charge is -2.15. The largest absolute Gasteiger partial charge is 0.497 e. The van der Waals surface area contributed by atoms with Crippen molar-refractivity contribution in [2.75, 3.05) is 7.11 Å². The van der Waals surface area contributed by atoms with Crippen LogP contribution in [0.15, 0.2) is 88.7 Å². The molecule has 1 aliphatic rings. The Morgan fingerprint density at radius 1 is 0.867 bits per heavy atom. The van der Waals surface area contributed by atoms with Crippen LogP contribution in [0.25, 0.3) is 5.57 Å². The van der Waals surface area contributed by atoms with E-state index in [9.17, 15) is 9.59 Å². The molecule has 4 nitrogen and oxygen atoms in total. The number of amides is 2. The minimum atomic E-state index is -0.307. The Labute approximate surface area is 184 Å². The van der Waals surface area contributed by atoms with Crippen LogP contribution < -0.4 is 4.74 Å². The fraction of sp³-hybridized carbons (Fsp3) is 0.0833. The van der Waals surface area contributed by atoms with Crippen molar-refractivity contribution < 1.29 is 14.3 Å². The number of halogens is 1. The zero-order chi connectivity index (χ0) is 21.1. The van der Waals surface area contributed by atoms with E-state index in [1.165, 1.54) is 16.7 Å². The normalized spacial score (nSPS) is 13.9. The predicted octanol–water partition coefficient (Wildman–Crippen LogP) is 5.42. The number of carbonyl (C=O) groups excluding carboxylic acids is 2. The molecule has 3 aromatic rings. The van der Waals surface area contributed by atoms with Crippen molar-refractivity contribution in [2.45, 2.75) is 11.4 Å². The highest BCUT2D eigenvalue weighted by Crippen LogP contribution is 2.40. The number of thioether (sulfide) groups is 1. The van der Waals surface area contributed by atoms with Gasteiger partial charge in [0.25, 0.3) is 11.8 Å². The van der Waals surface area contributed by atoms with E-state index in [0.29, 0.717) is 26.8 Å². The van der Waals surface area contributed by atoms with Crippen molar-refractivity contribution in [2.24, 2.45) is 0 Å². The minimum absolute atomic E-state index is 0.188. The summed E-state index contributed by atoms with van der Waals surface area (Å²) in [5.41, 5.74) is 1.93. The first kappa shape index (κ1) is 20.3. The minimum Gasteiger partial charge on any atom is -0.497 e. The van der Waals surface area contributed by atoms with Gasteiger partial charge in [0.15, 0.2) is 0 Å². The van der Waals surface area contributed by atoms with Gasteiger partial charge in [-0.25, -0.2) is 0 Å². The maximum atomic E-state index is 13.3. The quantitative estimate of drug-likeness (QED) is 0.485. The number of imide groups is 1. The van der Waals surface area contributed by atoms with Crippen molar-refractivity contribution in [1.29, 1.82) is 0 Å². The van der Waals surface area contributed by atoms with Gasteiger partial charge in [-0.3, -0.25) is 14.5 Å². The van der Waals surface area contributed by atoms with Gasteiger partial charge in [0.1, 0.15) is 5.75 Å². The number of ether oxygens (including phenoxy) is 1. The smallest absolute Gasteiger partial charge is 0.268 e. The van der Waals surface area contributed by atoms with Gasteiger partial charge in [-0.05, 0) is 47.5 Å². The molecule has 3 aromatic carbocycles. The average molecular weight is 436 g/mol. The number of rotatable bonds is 6. The second kappa shape index (κ2) is 8.78. The van der Waals surface area contributed by atoms with Gasteiger partial charge in [-0.1, -0.05) is 65.8 Å². The van der Waals surface area contributed by atoms with Crippen LogP contribution in [0.2, 0.25) is 5.02 Å². The zero-order valence-corrected chi connectivity index (χ0v) is 17.7. The van der Waals surface area contributed by atoms with Crippen LogP contribution in [-0.2, 0) is 16.1 Å². The van der Waals surface area contributed by atoms with Crippen molar-refractivity contribution in [1.82, 2.24) is 4.90 Å². The third kappa shape index (κ3) is 4.13. The number of hydrogen-bond donors (Lipinski definition) is 0. The number of carbonyl (C=O) groups is 2. The Hall–Kier alpha value is -3.02. The van der Waals surface area contributed by atoms with E-state index in [-0.39, 0.29) is 18.4 Å². The Balaban J connectivity index is 1.72. The molecule has 0 fully saturated rings. The third-order valence-electron chi connectivity index (χ3n) is 4.72. The highest BCUT2D eigenvalue weighted by molar-refractivity contribution is 8.04. The Kier molecular flexibility index (Phi) is 5.93. The van der Waals surface area contributed by atoms with Crippen LogP contribution >= 0.6 is 23.4 Å². The van der Waals surface area contributed by atoms with Crippen LogP contribution in [0, 0.1) is 0 Å². The van der Waals surface area contributed by atoms with Crippen LogP contribution in [0.1, 0.15) is 11.1 Å². The van der Waals surface area contributed by atoms with Gasteiger partial charge in [0.05, 0.1) is 24.1 Å². The molecule has 30 heavy (non-hydrogen) atoms. The number of benzene rings is 3. The molecule has 0 atom stereocenters. The second-order valence-corrected chi connectivity index (χ2v) is 8.19. The van der Waals surface area contributed by atoms with E-state index in [2.05, 4.69) is 0 Å². The van der Waals surface area contributed by atoms with Crippen LogP contribution in [-0.4, -0.2) is 23.8 Å². The Morgan fingerprint density at radius 3 is 2.17 bits per heavy atom. The average Bonchev–Trinajstić information content (AvgIpc) is 3.00. The number of methoxy groups -OCH3 is 1. The van der Waals surface area contributed by atoms with Crippen LogP contribution in [0.4, 0.5) is 0 Å². The molecule has 2 amide bonds. The molecule has 0 saturated heterocycles. The second-order valence-electron chi connectivity index (χ2n) is 6.67. The molecule has 1 aliphatic heterocycles. The third-order valence-corrected chi connectivity index (χ3v) is 6.06. The zero-order valence-electron chi connectivity index (χ0n) is 16.2. The summed E-state index contributed by atoms with van der Waals surface area (Å²) in [6.07, 6.45) is 0. The monoisotopic (exact) mass is 435 g/mol. The summed E-state index contributed by atoms with van der Waals surface area (Å²) < 4.78 is 5.22. The molecular weight excluding hydrogens is 418 g/mol. The van der Waals surface area contributed by atoms with Crippen molar-refractivity contribution >= 4 is 40.8 Å². The maximum absolute atomic E-state index is 13.3. The summed E-state index contributed by atoms with van der Waals surface area (Å²) in [6.45, 7) is 0.188. The van der Waals surface area contributed by atoms with Crippen molar-refractivity contribution in [3.05, 3.63) is 99.9 Å². The molecule has 0 aromatic heterocycles. The lowest BCUT2D eigenvalue weighted by Crippen LogP contribution is -2.30. The van der Waals surface area contributed by atoms with Gasteiger partial charge >= 0.3 is 0 Å². The standard InChI is InChI=1S/C24H18ClNO3S/c1-29-19-13-9-17(10-14-19)21-22(30-20-5-3-2-4-6-20)24(28)26(23(21)27)15-16-7-11-18(25)12-8-16/h2-14H,15H2,1H3. The molecule has 0 unspecified atom stereocenters. The first-order chi connectivity index (χ1) is 14.6. The Bertz CT molecular complexity index is 1110. The SMILES string of the molecule is COc1ccc(C2=C(Sc3ccccc3)C(=O)N(Cc3ccc(Cl)cc3)C2=O)cc1. The summed E-state index contributed by atoms with van der Waals surface area (Å²) in [4.78, 5) is 29.2. The molecule has 6 heteroatoms. The first-order valence-electron chi connectivity index (χ1n) is 9.29. The summed E-state index contributed by atoms with van der Waals surface area (Å²) in [5.74, 6) is 0.0829. The van der Waals surface area contributed by atoms with Crippen LogP contribution in [0.3, 0.4) is 0 Å². The maximum Gasteiger partial charge on any atom is 0.268 e. The van der Waals surface area contributed by atoms with Gasteiger partial charge in [-0.15, -0.1) is 0 Å². The number of nitrogens with zero attached hydrogens (tertiary/aromatic N) is 1. The molecule has 1 heterocycles. The van der Waals surface area contributed by atoms with Gasteiger partial charge in [-0.2, -0.15) is 0 Å². The molecule has 0 saturated carbocycles.